The summed E-state index contributed by atoms with van der Waals surface area (Å²) < 4.78 is 0. The van der Waals surface area contributed by atoms with Crippen LogP contribution in [-0.4, -0.2) is 11.1 Å². The first-order valence-electron chi connectivity index (χ1n) is 7.40. The average Bonchev–Trinajstić information content (AvgIpc) is 2.61. The Morgan fingerprint density at radius 2 is 1.39 bits per heavy atom. The number of rotatable bonds is 4. The Hall–Kier alpha value is -3.13. The lowest BCUT2D eigenvalue weighted by atomic mass is 9.98. The van der Waals surface area contributed by atoms with Crippen molar-refractivity contribution in [1.82, 2.24) is 0 Å². The van der Waals surface area contributed by atoms with E-state index in [4.69, 9.17) is 5.11 Å². The van der Waals surface area contributed by atoms with Crippen molar-refractivity contribution in [2.24, 2.45) is 0 Å². The van der Waals surface area contributed by atoms with E-state index in [9.17, 15) is 4.79 Å². The highest BCUT2D eigenvalue weighted by Crippen LogP contribution is 2.25. The highest BCUT2D eigenvalue weighted by atomic mass is 16.4. The summed E-state index contributed by atoms with van der Waals surface area (Å²) >= 11 is 0. The van der Waals surface area contributed by atoms with Gasteiger partial charge < -0.3 is 5.11 Å². The van der Waals surface area contributed by atoms with E-state index in [0.717, 1.165) is 22.3 Å². The molecular weight excluding hydrogens is 284 g/mol. The molecule has 0 fully saturated rings. The van der Waals surface area contributed by atoms with Gasteiger partial charge in [-0.15, -0.1) is 0 Å². The smallest absolute Gasteiger partial charge is 0.335 e. The zero-order chi connectivity index (χ0) is 16.1. The first kappa shape index (κ1) is 14.8. The standard InChI is InChI=1S/C21H16O2/c22-21(23)19-14-12-18(13-15-19)20-9-5-4-8-17(20)11-10-16-6-2-1-3-7-16/h1-15H,(H,22,23). The molecule has 23 heavy (non-hydrogen) atoms. The summed E-state index contributed by atoms with van der Waals surface area (Å²) in [5.74, 6) is -0.909. The normalized spacial score (nSPS) is 10.8. The molecule has 0 bridgehead atoms. The fraction of sp³-hybridized carbons (Fsp3) is 0. The third-order valence-electron chi connectivity index (χ3n) is 3.66. The van der Waals surface area contributed by atoms with Gasteiger partial charge in [0.25, 0.3) is 0 Å². The highest BCUT2D eigenvalue weighted by molar-refractivity contribution is 5.89. The lowest BCUT2D eigenvalue weighted by molar-refractivity contribution is 0.0697. The summed E-state index contributed by atoms with van der Waals surface area (Å²) in [4.78, 5) is 11.0. The molecule has 0 saturated heterocycles. The van der Waals surface area contributed by atoms with Gasteiger partial charge in [0.2, 0.25) is 0 Å². The molecule has 0 saturated carbocycles. The van der Waals surface area contributed by atoms with Gasteiger partial charge >= 0.3 is 5.97 Å². The van der Waals surface area contributed by atoms with Gasteiger partial charge in [0, 0.05) is 0 Å². The van der Waals surface area contributed by atoms with Gasteiger partial charge in [0.15, 0.2) is 0 Å². The summed E-state index contributed by atoms with van der Waals surface area (Å²) in [6, 6.07) is 25.2. The molecule has 0 heterocycles. The van der Waals surface area contributed by atoms with Gasteiger partial charge in [-0.1, -0.05) is 78.9 Å². The number of benzene rings is 3. The maximum Gasteiger partial charge on any atom is 0.335 e. The Morgan fingerprint density at radius 1 is 0.739 bits per heavy atom. The van der Waals surface area contributed by atoms with Crippen LogP contribution in [0.3, 0.4) is 0 Å². The van der Waals surface area contributed by atoms with Crippen molar-refractivity contribution in [2.75, 3.05) is 0 Å². The zero-order valence-corrected chi connectivity index (χ0v) is 12.5. The van der Waals surface area contributed by atoms with Crippen LogP contribution in [0.15, 0.2) is 78.9 Å². The number of hydrogen-bond donors (Lipinski definition) is 1. The lowest BCUT2D eigenvalue weighted by Crippen LogP contribution is -1.95. The van der Waals surface area contributed by atoms with Crippen LogP contribution in [0.25, 0.3) is 23.3 Å². The third-order valence-corrected chi connectivity index (χ3v) is 3.66. The molecule has 3 aromatic rings. The van der Waals surface area contributed by atoms with Crippen LogP contribution in [0.4, 0.5) is 0 Å². The van der Waals surface area contributed by atoms with Crippen LogP contribution >= 0.6 is 0 Å². The van der Waals surface area contributed by atoms with E-state index in [1.165, 1.54) is 0 Å². The van der Waals surface area contributed by atoms with Crippen LogP contribution in [0.5, 0.6) is 0 Å². The van der Waals surface area contributed by atoms with E-state index in [0.29, 0.717) is 5.56 Å². The fourth-order valence-electron chi connectivity index (χ4n) is 2.45. The Morgan fingerprint density at radius 3 is 2.09 bits per heavy atom. The van der Waals surface area contributed by atoms with Gasteiger partial charge in [-0.25, -0.2) is 4.79 Å². The molecule has 2 nitrogen and oxygen atoms in total. The Labute approximate surface area is 135 Å². The fourth-order valence-corrected chi connectivity index (χ4v) is 2.45. The SMILES string of the molecule is O=C(O)c1ccc(-c2ccccc2C=Cc2ccccc2)cc1. The summed E-state index contributed by atoms with van der Waals surface area (Å²) in [5.41, 5.74) is 4.62. The van der Waals surface area contributed by atoms with Crippen LogP contribution in [0.1, 0.15) is 21.5 Å². The largest absolute Gasteiger partial charge is 0.478 e. The van der Waals surface area contributed by atoms with Gasteiger partial charge in [-0.05, 0) is 34.4 Å². The molecule has 0 aliphatic rings. The molecule has 0 aromatic heterocycles. The molecule has 0 spiro atoms. The number of carbonyl (C=O) groups is 1. The summed E-state index contributed by atoms with van der Waals surface area (Å²) in [7, 11) is 0. The van der Waals surface area contributed by atoms with E-state index in [1.807, 2.05) is 48.5 Å². The summed E-state index contributed by atoms with van der Waals surface area (Å²) in [6.45, 7) is 0. The molecule has 0 amide bonds. The van der Waals surface area contributed by atoms with Crippen LogP contribution in [0, 0.1) is 0 Å². The zero-order valence-electron chi connectivity index (χ0n) is 12.5. The first-order chi connectivity index (χ1) is 11.2. The Bertz CT molecular complexity index is 831. The average molecular weight is 300 g/mol. The molecule has 3 aromatic carbocycles. The van der Waals surface area contributed by atoms with Gasteiger partial charge in [-0.2, -0.15) is 0 Å². The molecule has 2 heteroatoms. The van der Waals surface area contributed by atoms with E-state index >= 15 is 0 Å². The highest BCUT2D eigenvalue weighted by Gasteiger charge is 2.05. The molecule has 0 aliphatic carbocycles. The van der Waals surface area contributed by atoms with Gasteiger partial charge in [0.05, 0.1) is 5.56 Å². The van der Waals surface area contributed by atoms with E-state index in [2.05, 4.69) is 30.4 Å². The Balaban J connectivity index is 1.94. The van der Waals surface area contributed by atoms with Crippen molar-refractivity contribution >= 4 is 18.1 Å². The minimum atomic E-state index is -0.909. The van der Waals surface area contributed by atoms with Gasteiger partial charge in [-0.3, -0.25) is 0 Å². The number of carboxylic acid groups (broad SMARTS) is 1. The monoisotopic (exact) mass is 300 g/mol. The molecule has 0 unspecified atom stereocenters. The van der Waals surface area contributed by atoms with Crippen LogP contribution in [0.2, 0.25) is 0 Å². The molecule has 3 rings (SSSR count). The molecule has 0 radical (unpaired) electrons. The number of aromatic carboxylic acids is 1. The van der Waals surface area contributed by atoms with Crippen molar-refractivity contribution in [2.45, 2.75) is 0 Å². The second-order valence-electron chi connectivity index (χ2n) is 5.21. The van der Waals surface area contributed by atoms with Crippen molar-refractivity contribution in [1.29, 1.82) is 0 Å². The van der Waals surface area contributed by atoms with E-state index in [-0.39, 0.29) is 0 Å². The molecular formula is C21H16O2. The molecule has 0 aliphatic heterocycles. The second-order valence-corrected chi connectivity index (χ2v) is 5.21. The topological polar surface area (TPSA) is 37.3 Å². The van der Waals surface area contributed by atoms with E-state index in [1.54, 1.807) is 12.1 Å². The maximum absolute atomic E-state index is 11.0. The van der Waals surface area contributed by atoms with Crippen molar-refractivity contribution in [3.63, 3.8) is 0 Å². The van der Waals surface area contributed by atoms with Crippen molar-refractivity contribution in [3.05, 3.63) is 95.6 Å². The van der Waals surface area contributed by atoms with Gasteiger partial charge in [0.1, 0.15) is 0 Å². The van der Waals surface area contributed by atoms with Crippen molar-refractivity contribution < 1.29 is 9.90 Å². The Kier molecular flexibility index (Phi) is 4.34. The van der Waals surface area contributed by atoms with E-state index < -0.39 is 5.97 Å². The maximum atomic E-state index is 11.0. The summed E-state index contributed by atoms with van der Waals surface area (Å²) in [5, 5.41) is 9.00. The minimum Gasteiger partial charge on any atom is -0.478 e. The number of hydrogen-bond acceptors (Lipinski definition) is 1. The predicted molar refractivity (Wildman–Crippen MR) is 94.2 cm³/mol. The summed E-state index contributed by atoms with van der Waals surface area (Å²) in [6.07, 6.45) is 4.15. The predicted octanol–water partition coefficient (Wildman–Crippen LogP) is 5.22. The quantitative estimate of drug-likeness (QED) is 0.670. The molecule has 112 valence electrons. The van der Waals surface area contributed by atoms with Crippen molar-refractivity contribution in [3.8, 4) is 11.1 Å². The third kappa shape index (κ3) is 3.55. The second kappa shape index (κ2) is 6.75. The van der Waals surface area contributed by atoms with Crippen LogP contribution in [-0.2, 0) is 0 Å². The van der Waals surface area contributed by atoms with Crippen LogP contribution < -0.4 is 0 Å². The minimum absolute atomic E-state index is 0.297. The number of carboxylic acids is 1. The molecule has 1 N–H and O–H groups in total. The lowest BCUT2D eigenvalue weighted by Gasteiger charge is -2.07. The first-order valence-corrected chi connectivity index (χ1v) is 7.40. The molecule has 0 atom stereocenters.